The molecule has 0 aliphatic carbocycles. The first-order chi connectivity index (χ1) is 39.2. The van der Waals surface area contributed by atoms with E-state index in [1.807, 2.05) is 103 Å². The van der Waals surface area contributed by atoms with Gasteiger partial charge in [0.05, 0.1) is 21.5 Å². The minimum absolute atomic E-state index is 0.0698. The highest BCUT2D eigenvalue weighted by atomic mass is 32.2. The van der Waals surface area contributed by atoms with Crippen molar-refractivity contribution >= 4 is 66.2 Å². The fourth-order valence-corrected chi connectivity index (χ4v) is 12.4. The van der Waals surface area contributed by atoms with Gasteiger partial charge in [-0.05, 0) is 131 Å². The van der Waals surface area contributed by atoms with Crippen molar-refractivity contribution in [1.82, 2.24) is 30.6 Å². The molecule has 0 bridgehead atoms. The van der Waals surface area contributed by atoms with Crippen molar-refractivity contribution in [2.45, 2.75) is 140 Å². The molecule has 0 saturated carbocycles. The molecular formula is C61H72N9O11S2+. The Morgan fingerprint density at radius 1 is 0.831 bits per heavy atom. The number of hydrogen-bond acceptors (Lipinski definition) is 14. The van der Waals surface area contributed by atoms with Crippen LogP contribution in [-0.4, -0.2) is 98.3 Å². The number of benzene rings is 4. The van der Waals surface area contributed by atoms with Crippen molar-refractivity contribution in [3.8, 4) is 17.4 Å². The van der Waals surface area contributed by atoms with Gasteiger partial charge in [-0.2, -0.15) is 31.4 Å². The molecule has 0 saturated heterocycles. The zero-order chi connectivity index (χ0) is 59.8. The predicted molar refractivity (Wildman–Crippen MR) is 317 cm³/mol. The number of fused-ring (bicyclic) bond motifs is 4. The van der Waals surface area contributed by atoms with Gasteiger partial charge >= 0.3 is 0 Å². The average Bonchev–Trinajstić information content (AvgIpc) is 3.82. The summed E-state index contributed by atoms with van der Waals surface area (Å²) >= 11 is 0. The first-order valence-electron chi connectivity index (χ1n) is 27.6. The van der Waals surface area contributed by atoms with Crippen LogP contribution in [0, 0.1) is 20.8 Å². The summed E-state index contributed by atoms with van der Waals surface area (Å²) in [5, 5.41) is 16.8. The van der Waals surface area contributed by atoms with Crippen LogP contribution in [0.1, 0.15) is 118 Å². The number of hydrogen-bond donors (Lipinski definition) is 7. The summed E-state index contributed by atoms with van der Waals surface area (Å²) < 4.78 is 83.8. The minimum atomic E-state index is -4.50. The highest BCUT2D eigenvalue weighted by Gasteiger charge is 2.46. The maximum absolute atomic E-state index is 13.8. The molecule has 20 nitrogen and oxygen atoms in total. The van der Waals surface area contributed by atoms with E-state index >= 15 is 0 Å². The first kappa shape index (κ1) is 59.7. The molecule has 0 spiro atoms. The lowest BCUT2D eigenvalue weighted by Crippen LogP contribution is -2.51. The third kappa shape index (κ3) is 12.4. The summed E-state index contributed by atoms with van der Waals surface area (Å²) in [6.45, 7) is 17.3. The van der Waals surface area contributed by atoms with Gasteiger partial charge in [-0.15, -0.1) is 0 Å². The Bertz CT molecular complexity index is 3900. The Labute approximate surface area is 484 Å². The van der Waals surface area contributed by atoms with Crippen LogP contribution < -0.4 is 30.7 Å². The summed E-state index contributed by atoms with van der Waals surface area (Å²) in [5.41, 5.74) is 14.0. The number of amides is 2. The molecule has 6 aromatic rings. The standard InChI is InChI=1S/C61H71N9O11S2/c1-37-38(2)54-44(39(3)53(37)72)27-28-61(8,81-54)57(73)63-29-15-31-70-48-26-24-43(83(77,78)79)33-46(48)60(6,7)50(70)17-12-9-11-16-49-59(4,5)45-32-42(82(74,75)76)23-25-47(45)69(49)30-14-10-13-18-51(71)64-34-40-19-21-41(22-20-40)35-80-56-52-55(66-36-65-52)67-58(62)68-56/h9,11-12,16-17,19-26,32-33,36H,10,13-15,18,27-31,34-35H2,1-8H3,(H7-,62,63,64,65,66,67,68,71,72,73,74,75,76,77,78,79)/p+1. The van der Waals surface area contributed by atoms with Crippen LogP contribution in [0.25, 0.3) is 11.2 Å². The van der Waals surface area contributed by atoms with Gasteiger partial charge in [0.25, 0.3) is 26.1 Å². The van der Waals surface area contributed by atoms with Crippen LogP contribution in [-0.2, 0) is 60.2 Å². The number of aromatic nitrogens is 4. The van der Waals surface area contributed by atoms with E-state index in [0.29, 0.717) is 80.8 Å². The van der Waals surface area contributed by atoms with E-state index in [1.165, 1.54) is 30.6 Å². The van der Waals surface area contributed by atoms with Gasteiger partial charge in [-0.3, -0.25) is 18.7 Å². The van der Waals surface area contributed by atoms with Gasteiger partial charge < -0.3 is 40.8 Å². The second kappa shape index (κ2) is 23.4. The second-order valence-electron chi connectivity index (χ2n) is 22.7. The number of carbonyl (C=O) groups excluding carboxylic acids is 2. The van der Waals surface area contributed by atoms with Crippen molar-refractivity contribution in [1.29, 1.82) is 0 Å². The summed E-state index contributed by atoms with van der Waals surface area (Å²) in [4.78, 5) is 43.9. The van der Waals surface area contributed by atoms with Crippen LogP contribution >= 0.6 is 0 Å². The van der Waals surface area contributed by atoms with Crippen LogP contribution in [0.2, 0.25) is 0 Å². The lowest BCUT2D eigenvalue weighted by Gasteiger charge is -2.36. The number of nitrogens with one attached hydrogen (secondary N) is 3. The number of allylic oxidation sites excluding steroid dienone is 6. The Kier molecular flexibility index (Phi) is 16.8. The fourth-order valence-electron chi connectivity index (χ4n) is 11.4. The number of nitrogens with two attached hydrogens (primary N) is 1. The smallest absolute Gasteiger partial charge is 0.294 e. The molecule has 438 valence electrons. The summed E-state index contributed by atoms with van der Waals surface area (Å²) in [7, 11) is -8.99. The minimum Gasteiger partial charge on any atom is -0.507 e. The van der Waals surface area contributed by atoms with Crippen molar-refractivity contribution in [2.75, 3.05) is 30.3 Å². The van der Waals surface area contributed by atoms with Crippen LogP contribution in [0.5, 0.6) is 17.4 Å². The van der Waals surface area contributed by atoms with Gasteiger partial charge in [-0.25, -0.2) is 4.98 Å². The van der Waals surface area contributed by atoms with E-state index in [0.717, 1.165) is 74.6 Å². The van der Waals surface area contributed by atoms with E-state index in [1.54, 1.807) is 19.1 Å². The lowest BCUT2D eigenvalue weighted by molar-refractivity contribution is -0.437. The SMILES string of the molecule is Cc1c(C)c2c(c(C)c1O)CCC(C)(C(=O)NCCC[N+]1=C(/C=C/C=C/C=C3/N(CCCCCC(=O)NCc4ccc(COc5nc(N)nc6[nH]cnc56)cc4)c4ccc(S(=O)(=O)O)cc4C3(C)C)C(C)(C)c3cc(S(=O)(=O)O)ccc31)O2. The molecule has 22 heteroatoms. The molecular weight excluding hydrogens is 1100 g/mol. The number of aromatic hydroxyl groups is 1. The van der Waals surface area contributed by atoms with Crippen LogP contribution in [0.4, 0.5) is 17.3 Å². The maximum Gasteiger partial charge on any atom is 0.294 e. The van der Waals surface area contributed by atoms with E-state index in [4.69, 9.17) is 15.2 Å². The molecule has 2 amide bonds. The molecule has 4 aromatic carbocycles. The zero-order valence-corrected chi connectivity index (χ0v) is 49.6. The number of phenolic OH excluding ortho intramolecular Hbond substituents is 1. The van der Waals surface area contributed by atoms with Gasteiger partial charge in [0, 0.05) is 79.0 Å². The lowest BCUT2D eigenvalue weighted by atomic mass is 9.81. The molecule has 9 rings (SSSR count). The largest absolute Gasteiger partial charge is 0.507 e. The average molecular weight is 1170 g/mol. The Balaban J connectivity index is 0.845. The quantitative estimate of drug-likeness (QED) is 0.0153. The molecule has 8 N–H and O–H groups in total. The molecule has 1 atom stereocenters. The highest BCUT2D eigenvalue weighted by molar-refractivity contribution is 7.86. The van der Waals surface area contributed by atoms with Crippen LogP contribution in [0.15, 0.2) is 113 Å². The van der Waals surface area contributed by atoms with Crippen LogP contribution in [0.3, 0.4) is 0 Å². The number of rotatable bonds is 21. The molecule has 1 unspecified atom stereocenters. The van der Waals surface area contributed by atoms with Gasteiger partial charge in [0.1, 0.15) is 18.1 Å². The monoisotopic (exact) mass is 1170 g/mol. The number of anilines is 2. The van der Waals surface area contributed by atoms with E-state index in [-0.39, 0.29) is 45.8 Å². The summed E-state index contributed by atoms with van der Waals surface area (Å²) in [5.74, 6) is 0.924. The topological polar surface area (TPSA) is 292 Å². The predicted octanol–water partition coefficient (Wildman–Crippen LogP) is 8.98. The third-order valence-corrected chi connectivity index (χ3v) is 18.0. The van der Waals surface area contributed by atoms with Gasteiger partial charge in [-0.1, -0.05) is 62.8 Å². The van der Waals surface area contributed by atoms with Crippen molar-refractivity contribution in [3.63, 3.8) is 0 Å². The molecule has 0 radical (unpaired) electrons. The molecule has 83 heavy (non-hydrogen) atoms. The number of ether oxygens (including phenoxy) is 2. The third-order valence-electron chi connectivity index (χ3n) is 16.3. The molecule has 3 aliphatic heterocycles. The maximum atomic E-state index is 13.8. The Hall–Kier alpha value is -7.92. The molecule has 2 aromatic heterocycles. The van der Waals surface area contributed by atoms with Crippen molar-refractivity contribution < 1.29 is 54.7 Å². The Morgan fingerprint density at radius 3 is 2.25 bits per heavy atom. The Morgan fingerprint density at radius 2 is 1.53 bits per heavy atom. The molecule has 3 aliphatic rings. The highest BCUT2D eigenvalue weighted by Crippen LogP contribution is 2.49. The number of carbonyl (C=O) groups is 2. The normalized spacial score (nSPS) is 17.8. The number of phenols is 1. The second-order valence-corrected chi connectivity index (χ2v) is 25.5. The first-order valence-corrected chi connectivity index (χ1v) is 30.5. The number of imidazole rings is 1. The number of nitrogens with zero attached hydrogens (tertiary/aromatic N) is 5. The molecule has 5 heterocycles. The number of aromatic amines is 1. The van der Waals surface area contributed by atoms with E-state index < -0.39 is 36.7 Å². The molecule has 0 fully saturated rings. The number of nitrogen functional groups attached to an aromatic ring is 1. The van der Waals surface area contributed by atoms with E-state index in [9.17, 15) is 40.6 Å². The van der Waals surface area contributed by atoms with E-state index in [2.05, 4.69) is 40.0 Å². The summed E-state index contributed by atoms with van der Waals surface area (Å²) in [6.07, 6.45) is 15.1. The van der Waals surface area contributed by atoms with Gasteiger partial charge in [0.2, 0.25) is 23.4 Å². The zero-order valence-electron chi connectivity index (χ0n) is 48.0. The fraction of sp³-hybridized carbons (Fsp3) is 0.377. The van der Waals surface area contributed by atoms with Gasteiger partial charge in [0.15, 0.2) is 29.0 Å². The summed E-state index contributed by atoms with van der Waals surface area (Å²) in [6, 6.07) is 16.9. The van der Waals surface area contributed by atoms with Crippen molar-refractivity contribution in [2.24, 2.45) is 0 Å². The van der Waals surface area contributed by atoms with Crippen molar-refractivity contribution in [3.05, 3.63) is 148 Å². The number of unbranched alkanes of at least 4 members (excludes halogenated alkanes) is 2. The number of H-pyrrole nitrogens is 1.